The third-order valence-corrected chi connectivity index (χ3v) is 5.39. The van der Waals surface area contributed by atoms with Crippen LogP contribution in [0.4, 0.5) is 0 Å². The van der Waals surface area contributed by atoms with E-state index in [1.165, 1.54) is 11.3 Å². The smallest absolute Gasteiger partial charge is 0.308 e. The molecule has 1 aliphatic rings. The summed E-state index contributed by atoms with van der Waals surface area (Å²) in [6.45, 7) is 0.883. The molecule has 0 aromatic carbocycles. The van der Waals surface area contributed by atoms with Gasteiger partial charge in [-0.3, -0.25) is 9.59 Å². The first-order chi connectivity index (χ1) is 10.1. The third kappa shape index (κ3) is 2.98. The van der Waals surface area contributed by atoms with Gasteiger partial charge in [-0.25, -0.2) is 4.98 Å². The molecule has 3 heterocycles. The summed E-state index contributed by atoms with van der Waals surface area (Å²) in [5.41, 5.74) is 0.412. The molecule has 0 unspecified atom stereocenters. The summed E-state index contributed by atoms with van der Waals surface area (Å²) in [4.78, 5) is 30.5. The summed E-state index contributed by atoms with van der Waals surface area (Å²) in [5.74, 6) is -1.46. The van der Waals surface area contributed by atoms with Gasteiger partial charge in [0.05, 0.1) is 10.8 Å². The average molecular weight is 322 g/mol. The largest absolute Gasteiger partial charge is 0.481 e. The predicted molar refractivity (Wildman–Crippen MR) is 81.7 cm³/mol. The maximum Gasteiger partial charge on any atom is 0.308 e. The quantitative estimate of drug-likeness (QED) is 0.943. The molecule has 0 bridgehead atoms. The Balaban J connectivity index is 1.74. The van der Waals surface area contributed by atoms with Gasteiger partial charge in [0.25, 0.3) is 5.91 Å². The van der Waals surface area contributed by atoms with Gasteiger partial charge in [0.15, 0.2) is 0 Å². The number of aromatic nitrogens is 1. The molecular weight excluding hydrogens is 308 g/mol. The Hall–Kier alpha value is -1.73. The summed E-state index contributed by atoms with van der Waals surface area (Å²) in [5, 5.41) is 13.6. The first kappa shape index (κ1) is 14.2. The Kier molecular flexibility index (Phi) is 4.03. The molecule has 5 nitrogen and oxygen atoms in total. The predicted octanol–water partition coefficient (Wildman–Crippen LogP) is 2.81. The monoisotopic (exact) mass is 322 g/mol. The van der Waals surface area contributed by atoms with E-state index in [-0.39, 0.29) is 12.5 Å². The second-order valence-corrected chi connectivity index (χ2v) is 6.75. The highest BCUT2D eigenvalue weighted by Gasteiger charge is 2.29. The fourth-order valence-corrected chi connectivity index (χ4v) is 4.02. The number of thiazole rings is 1. The van der Waals surface area contributed by atoms with E-state index in [0.29, 0.717) is 18.7 Å². The summed E-state index contributed by atoms with van der Waals surface area (Å²) in [6.07, 6.45) is 1.36. The number of carboxylic acid groups (broad SMARTS) is 1. The molecule has 1 atom stereocenters. The Morgan fingerprint density at radius 1 is 1.38 bits per heavy atom. The van der Waals surface area contributed by atoms with E-state index in [9.17, 15) is 9.59 Å². The van der Waals surface area contributed by atoms with E-state index in [4.69, 9.17) is 5.11 Å². The Morgan fingerprint density at radius 3 is 2.95 bits per heavy atom. The summed E-state index contributed by atoms with van der Waals surface area (Å²) >= 11 is 3.03. The van der Waals surface area contributed by atoms with E-state index in [0.717, 1.165) is 16.3 Å². The lowest BCUT2D eigenvalue weighted by molar-refractivity contribution is -0.143. The van der Waals surface area contributed by atoms with E-state index in [1.54, 1.807) is 21.6 Å². The number of piperidine rings is 1. The number of rotatable bonds is 3. The van der Waals surface area contributed by atoms with Crippen molar-refractivity contribution in [3.8, 4) is 9.88 Å². The maximum atomic E-state index is 12.4. The van der Waals surface area contributed by atoms with E-state index in [2.05, 4.69) is 4.98 Å². The second kappa shape index (κ2) is 5.95. The molecule has 2 aromatic rings. The highest BCUT2D eigenvalue weighted by molar-refractivity contribution is 7.20. The van der Waals surface area contributed by atoms with Gasteiger partial charge in [0, 0.05) is 18.5 Å². The van der Waals surface area contributed by atoms with Crippen LogP contribution >= 0.6 is 22.7 Å². The van der Waals surface area contributed by atoms with Gasteiger partial charge >= 0.3 is 5.97 Å². The van der Waals surface area contributed by atoms with Gasteiger partial charge < -0.3 is 10.0 Å². The minimum absolute atomic E-state index is 0.167. The summed E-state index contributed by atoms with van der Waals surface area (Å²) in [7, 11) is 0. The van der Waals surface area contributed by atoms with Gasteiger partial charge in [-0.2, -0.15) is 0 Å². The van der Waals surface area contributed by atoms with Gasteiger partial charge in [0.2, 0.25) is 0 Å². The van der Waals surface area contributed by atoms with Crippen LogP contribution in [0.15, 0.2) is 22.9 Å². The number of carboxylic acids is 1. The Bertz CT molecular complexity index is 651. The minimum atomic E-state index is -0.829. The van der Waals surface area contributed by atoms with Crippen molar-refractivity contribution in [2.75, 3.05) is 13.1 Å². The average Bonchev–Trinajstić information content (AvgIpc) is 3.17. The van der Waals surface area contributed by atoms with Crippen molar-refractivity contribution in [3.05, 3.63) is 28.6 Å². The standard InChI is InChI=1S/C14H14N2O3S2/c17-13(16-5-1-3-9(7-16)14(18)19)10-8-21-12(15-10)11-4-2-6-20-11/h2,4,6,8-9H,1,3,5,7H2,(H,18,19)/t9-/m1/s1. The number of nitrogens with zero attached hydrogens (tertiary/aromatic N) is 2. The zero-order valence-corrected chi connectivity index (χ0v) is 12.8. The molecule has 1 amide bonds. The van der Waals surface area contributed by atoms with Crippen molar-refractivity contribution in [3.63, 3.8) is 0 Å². The molecule has 0 saturated carbocycles. The van der Waals surface area contributed by atoms with Crippen LogP contribution in [0.3, 0.4) is 0 Å². The van der Waals surface area contributed by atoms with Gasteiger partial charge in [-0.1, -0.05) is 6.07 Å². The lowest BCUT2D eigenvalue weighted by Gasteiger charge is -2.30. The zero-order chi connectivity index (χ0) is 14.8. The van der Waals surface area contributed by atoms with E-state index < -0.39 is 11.9 Å². The number of thiophene rings is 1. The molecule has 0 aliphatic carbocycles. The third-order valence-electron chi connectivity index (χ3n) is 3.51. The van der Waals surface area contributed by atoms with Crippen LogP contribution in [0, 0.1) is 5.92 Å². The molecule has 7 heteroatoms. The first-order valence-corrected chi connectivity index (χ1v) is 8.42. The molecule has 2 aromatic heterocycles. The lowest BCUT2D eigenvalue weighted by atomic mass is 9.98. The van der Waals surface area contributed by atoms with Gasteiger partial charge in [0.1, 0.15) is 10.7 Å². The zero-order valence-electron chi connectivity index (χ0n) is 11.2. The molecule has 0 spiro atoms. The molecule has 1 aliphatic heterocycles. The van der Waals surface area contributed by atoms with Crippen LogP contribution in [0.5, 0.6) is 0 Å². The summed E-state index contributed by atoms with van der Waals surface area (Å²) in [6, 6.07) is 3.92. The SMILES string of the molecule is O=C(O)[C@@H]1CCCN(C(=O)c2csc(-c3cccs3)n2)C1. The van der Waals surface area contributed by atoms with Crippen LogP contribution in [0.1, 0.15) is 23.3 Å². The Labute approximate surface area is 129 Å². The minimum Gasteiger partial charge on any atom is -0.481 e. The number of aliphatic carboxylic acids is 1. The van der Waals surface area contributed by atoms with Crippen molar-refractivity contribution < 1.29 is 14.7 Å². The van der Waals surface area contributed by atoms with Crippen LogP contribution in [0.25, 0.3) is 9.88 Å². The molecule has 1 N–H and O–H groups in total. The van der Waals surface area contributed by atoms with Crippen LogP contribution < -0.4 is 0 Å². The fourth-order valence-electron chi connectivity index (χ4n) is 2.41. The topological polar surface area (TPSA) is 70.5 Å². The lowest BCUT2D eigenvalue weighted by Crippen LogP contribution is -2.42. The molecule has 21 heavy (non-hydrogen) atoms. The van der Waals surface area contributed by atoms with Crippen molar-refractivity contribution in [2.24, 2.45) is 5.92 Å². The normalized spacial score (nSPS) is 18.7. The maximum absolute atomic E-state index is 12.4. The van der Waals surface area contributed by atoms with Crippen molar-refractivity contribution in [1.29, 1.82) is 0 Å². The van der Waals surface area contributed by atoms with Gasteiger partial charge in [-0.05, 0) is 24.3 Å². The highest BCUT2D eigenvalue weighted by atomic mass is 32.1. The van der Waals surface area contributed by atoms with Crippen molar-refractivity contribution in [1.82, 2.24) is 9.88 Å². The highest BCUT2D eigenvalue weighted by Crippen LogP contribution is 2.28. The van der Waals surface area contributed by atoms with E-state index >= 15 is 0 Å². The Morgan fingerprint density at radius 2 is 2.24 bits per heavy atom. The van der Waals surface area contributed by atoms with Crippen molar-refractivity contribution in [2.45, 2.75) is 12.8 Å². The van der Waals surface area contributed by atoms with Gasteiger partial charge in [-0.15, -0.1) is 22.7 Å². The summed E-state index contributed by atoms with van der Waals surface area (Å²) < 4.78 is 0. The molecule has 0 radical (unpaired) electrons. The number of hydrogen-bond donors (Lipinski definition) is 1. The van der Waals surface area contributed by atoms with E-state index in [1.807, 2.05) is 17.5 Å². The van der Waals surface area contributed by atoms with Crippen LogP contribution in [-0.4, -0.2) is 40.0 Å². The molecular formula is C14H14N2O3S2. The second-order valence-electron chi connectivity index (χ2n) is 4.94. The number of carbonyl (C=O) groups is 2. The number of hydrogen-bond acceptors (Lipinski definition) is 5. The molecule has 110 valence electrons. The first-order valence-electron chi connectivity index (χ1n) is 6.66. The van der Waals surface area contributed by atoms with Crippen molar-refractivity contribution >= 4 is 34.6 Å². The molecule has 3 rings (SSSR count). The molecule has 1 fully saturated rings. The number of amides is 1. The number of likely N-dealkylation sites (tertiary alicyclic amines) is 1. The fraction of sp³-hybridized carbons (Fsp3) is 0.357. The van der Waals surface area contributed by atoms with Crippen LogP contribution in [-0.2, 0) is 4.79 Å². The number of carbonyl (C=O) groups excluding carboxylic acids is 1. The van der Waals surface area contributed by atoms with Crippen LogP contribution in [0.2, 0.25) is 0 Å². The molecule has 1 saturated heterocycles.